The van der Waals surface area contributed by atoms with Gasteiger partial charge in [0, 0.05) is 29.3 Å². The van der Waals surface area contributed by atoms with Gasteiger partial charge in [0.05, 0.1) is 25.3 Å². The number of carbonyl (C=O) groups is 3. The molecule has 0 fully saturated rings. The molecule has 3 rings (SSSR count). The van der Waals surface area contributed by atoms with Gasteiger partial charge in [-0.1, -0.05) is 6.07 Å². The van der Waals surface area contributed by atoms with Gasteiger partial charge in [0.2, 0.25) is 0 Å². The van der Waals surface area contributed by atoms with Crippen molar-refractivity contribution >= 4 is 39.2 Å². The number of pyridine rings is 1. The van der Waals surface area contributed by atoms with Gasteiger partial charge in [0.25, 0.3) is 15.9 Å². The molecule has 0 saturated heterocycles. The Hall–Kier alpha value is -4.25. The number of hydrogen-bond acceptors (Lipinski definition) is 8. The predicted octanol–water partition coefficient (Wildman–Crippen LogP) is 2.71. The standard InChI is InChI=1S/C22H19N3O7S/c1-31-21(27)15-6-7-18(22(28)32-2)19(13-15)33(29,30)25-17-5-3-4-14(12-17)20(26)24-16-8-10-23-11-9-16/h3-13,25H,1-2H3,(H,23,24,26). The van der Waals surface area contributed by atoms with Crippen LogP contribution < -0.4 is 10.0 Å². The second kappa shape index (κ2) is 9.92. The van der Waals surface area contributed by atoms with Gasteiger partial charge >= 0.3 is 11.9 Å². The Kier molecular flexibility index (Phi) is 7.04. The van der Waals surface area contributed by atoms with Gasteiger partial charge in [0.1, 0.15) is 4.90 Å². The average molecular weight is 469 g/mol. The summed E-state index contributed by atoms with van der Waals surface area (Å²) in [6.07, 6.45) is 3.03. The maximum atomic E-state index is 13.1. The third-order valence-corrected chi connectivity index (χ3v) is 5.83. The number of nitrogens with one attached hydrogen (secondary N) is 2. The van der Waals surface area contributed by atoms with E-state index in [2.05, 4.69) is 24.5 Å². The third kappa shape index (κ3) is 5.52. The van der Waals surface area contributed by atoms with Crippen molar-refractivity contribution in [2.75, 3.05) is 24.3 Å². The number of amides is 1. The lowest BCUT2D eigenvalue weighted by atomic mass is 10.1. The molecule has 33 heavy (non-hydrogen) atoms. The minimum Gasteiger partial charge on any atom is -0.465 e. The highest BCUT2D eigenvalue weighted by molar-refractivity contribution is 7.92. The zero-order chi connectivity index (χ0) is 24.0. The summed E-state index contributed by atoms with van der Waals surface area (Å²) in [6.45, 7) is 0. The molecule has 11 heteroatoms. The highest BCUT2D eigenvalue weighted by Gasteiger charge is 2.25. The van der Waals surface area contributed by atoms with Crippen LogP contribution in [0.1, 0.15) is 31.1 Å². The quantitative estimate of drug-likeness (QED) is 0.503. The highest BCUT2D eigenvalue weighted by Crippen LogP contribution is 2.23. The highest BCUT2D eigenvalue weighted by atomic mass is 32.2. The van der Waals surface area contributed by atoms with Crippen LogP contribution in [-0.4, -0.2) is 45.5 Å². The fourth-order valence-electron chi connectivity index (χ4n) is 2.84. The van der Waals surface area contributed by atoms with E-state index < -0.39 is 32.8 Å². The molecule has 2 aromatic carbocycles. The second-order valence-electron chi connectivity index (χ2n) is 6.57. The van der Waals surface area contributed by atoms with Crippen LogP contribution in [-0.2, 0) is 19.5 Å². The zero-order valence-corrected chi connectivity index (χ0v) is 18.4. The fourth-order valence-corrected chi connectivity index (χ4v) is 4.11. The van der Waals surface area contributed by atoms with Crippen LogP contribution in [0.4, 0.5) is 11.4 Å². The molecule has 0 aliphatic rings. The van der Waals surface area contributed by atoms with Crippen molar-refractivity contribution in [3.63, 3.8) is 0 Å². The van der Waals surface area contributed by atoms with Gasteiger partial charge in [-0.05, 0) is 48.5 Å². The van der Waals surface area contributed by atoms with Crippen molar-refractivity contribution in [1.29, 1.82) is 0 Å². The van der Waals surface area contributed by atoms with E-state index in [0.717, 1.165) is 26.4 Å². The summed E-state index contributed by atoms with van der Waals surface area (Å²) in [5.74, 6) is -2.15. The molecule has 0 aliphatic carbocycles. The van der Waals surface area contributed by atoms with Crippen LogP contribution in [0.15, 0.2) is 71.9 Å². The first-order valence-electron chi connectivity index (χ1n) is 9.40. The van der Waals surface area contributed by atoms with Crippen LogP contribution in [0.5, 0.6) is 0 Å². The molecule has 0 unspecified atom stereocenters. The minimum absolute atomic E-state index is 0.0664. The smallest absolute Gasteiger partial charge is 0.339 e. The molecule has 1 aromatic heterocycles. The van der Waals surface area contributed by atoms with E-state index in [9.17, 15) is 22.8 Å². The molecule has 0 spiro atoms. The molecular formula is C22H19N3O7S. The van der Waals surface area contributed by atoms with E-state index in [4.69, 9.17) is 0 Å². The molecular weight excluding hydrogens is 450 g/mol. The molecule has 2 N–H and O–H groups in total. The number of methoxy groups -OCH3 is 2. The van der Waals surface area contributed by atoms with Gasteiger partial charge in [0.15, 0.2) is 0 Å². The van der Waals surface area contributed by atoms with Crippen molar-refractivity contribution in [2.45, 2.75) is 4.90 Å². The first-order valence-corrected chi connectivity index (χ1v) is 10.9. The normalized spacial score (nSPS) is 10.7. The summed E-state index contributed by atoms with van der Waals surface area (Å²) in [5, 5.41) is 2.67. The van der Waals surface area contributed by atoms with Crippen LogP contribution in [0.25, 0.3) is 0 Å². The zero-order valence-electron chi connectivity index (χ0n) is 17.6. The Balaban J connectivity index is 1.93. The predicted molar refractivity (Wildman–Crippen MR) is 119 cm³/mol. The van der Waals surface area contributed by atoms with E-state index in [-0.39, 0.29) is 22.4 Å². The minimum atomic E-state index is -4.36. The van der Waals surface area contributed by atoms with Gasteiger partial charge in [-0.15, -0.1) is 0 Å². The van der Waals surface area contributed by atoms with Gasteiger partial charge in [-0.25, -0.2) is 18.0 Å². The summed E-state index contributed by atoms with van der Waals surface area (Å²) in [7, 11) is -2.12. The number of rotatable bonds is 7. The lowest BCUT2D eigenvalue weighted by Gasteiger charge is -2.13. The largest absolute Gasteiger partial charge is 0.465 e. The number of aromatic nitrogens is 1. The average Bonchev–Trinajstić information content (AvgIpc) is 2.83. The van der Waals surface area contributed by atoms with Crippen molar-refractivity contribution in [1.82, 2.24) is 4.98 Å². The number of esters is 2. The van der Waals surface area contributed by atoms with Crippen LogP contribution >= 0.6 is 0 Å². The molecule has 0 radical (unpaired) electrons. The maximum absolute atomic E-state index is 13.1. The van der Waals surface area contributed by atoms with Crippen molar-refractivity contribution in [3.8, 4) is 0 Å². The molecule has 0 saturated carbocycles. The van der Waals surface area contributed by atoms with Gasteiger partial charge in [-0.2, -0.15) is 0 Å². The van der Waals surface area contributed by atoms with Crippen molar-refractivity contribution in [3.05, 3.63) is 83.7 Å². The molecule has 1 amide bonds. The number of benzene rings is 2. The van der Waals surface area contributed by atoms with Crippen LogP contribution in [0.3, 0.4) is 0 Å². The van der Waals surface area contributed by atoms with Crippen LogP contribution in [0.2, 0.25) is 0 Å². The summed E-state index contributed by atoms with van der Waals surface area (Å²) >= 11 is 0. The van der Waals surface area contributed by atoms with E-state index in [1.807, 2.05) is 0 Å². The number of hydrogen-bond donors (Lipinski definition) is 2. The Morgan fingerprint density at radius 1 is 0.818 bits per heavy atom. The molecule has 0 atom stereocenters. The molecule has 10 nitrogen and oxygen atoms in total. The van der Waals surface area contributed by atoms with Gasteiger partial charge < -0.3 is 14.8 Å². The summed E-state index contributed by atoms with van der Waals surface area (Å²) < 4.78 is 37.8. The van der Waals surface area contributed by atoms with E-state index >= 15 is 0 Å². The monoisotopic (exact) mass is 469 g/mol. The van der Waals surface area contributed by atoms with E-state index in [0.29, 0.717) is 5.69 Å². The molecule has 0 aliphatic heterocycles. The fraction of sp³-hybridized carbons (Fsp3) is 0.0909. The number of sulfonamides is 1. The maximum Gasteiger partial charge on any atom is 0.339 e. The topological polar surface area (TPSA) is 141 Å². The number of anilines is 2. The first-order chi connectivity index (χ1) is 15.7. The molecule has 0 bridgehead atoms. The second-order valence-corrected chi connectivity index (χ2v) is 8.22. The summed E-state index contributed by atoms with van der Waals surface area (Å²) in [4.78, 5) is 39.9. The van der Waals surface area contributed by atoms with Crippen LogP contribution in [0, 0.1) is 0 Å². The number of ether oxygens (including phenoxy) is 2. The molecule has 1 heterocycles. The first kappa shape index (κ1) is 23.4. The van der Waals surface area contributed by atoms with Crippen molar-refractivity contribution < 1.29 is 32.3 Å². The number of nitrogens with zero attached hydrogens (tertiary/aromatic N) is 1. The summed E-state index contributed by atoms with van der Waals surface area (Å²) in [6, 6.07) is 12.4. The Labute approximate surface area is 189 Å². The summed E-state index contributed by atoms with van der Waals surface area (Å²) in [5.41, 5.74) is 0.420. The van der Waals surface area contributed by atoms with E-state index in [1.54, 1.807) is 12.1 Å². The Morgan fingerprint density at radius 2 is 1.52 bits per heavy atom. The number of carbonyl (C=O) groups excluding carboxylic acids is 3. The van der Waals surface area contributed by atoms with E-state index in [1.165, 1.54) is 42.7 Å². The molecule has 3 aromatic rings. The lowest BCUT2D eigenvalue weighted by Crippen LogP contribution is -2.19. The third-order valence-electron chi connectivity index (χ3n) is 4.41. The van der Waals surface area contributed by atoms with Gasteiger partial charge in [-0.3, -0.25) is 14.5 Å². The lowest BCUT2D eigenvalue weighted by molar-refractivity contribution is 0.0583. The Morgan fingerprint density at radius 3 is 2.18 bits per heavy atom. The SMILES string of the molecule is COC(=O)c1ccc(C(=O)OC)c(S(=O)(=O)Nc2cccc(C(=O)Nc3ccncc3)c2)c1. The Bertz CT molecular complexity index is 1310. The molecule has 170 valence electrons. The van der Waals surface area contributed by atoms with Crippen molar-refractivity contribution in [2.24, 2.45) is 0 Å².